The fourth-order valence-corrected chi connectivity index (χ4v) is 2.48. The summed E-state index contributed by atoms with van der Waals surface area (Å²) < 4.78 is 0. The number of nitro benzene ring substituents is 1. The molecule has 22 heavy (non-hydrogen) atoms. The van der Waals surface area contributed by atoms with Crippen molar-refractivity contribution in [2.75, 3.05) is 31.5 Å². The smallest absolute Gasteiger partial charge is 0.292 e. The van der Waals surface area contributed by atoms with Crippen LogP contribution in [0.2, 0.25) is 0 Å². The van der Waals surface area contributed by atoms with Gasteiger partial charge in [-0.15, -0.1) is 0 Å². The van der Waals surface area contributed by atoms with Gasteiger partial charge in [0.2, 0.25) is 0 Å². The number of nitro groups is 1. The predicted octanol–water partition coefficient (Wildman–Crippen LogP) is 2.05. The van der Waals surface area contributed by atoms with E-state index in [0.717, 1.165) is 31.8 Å². The van der Waals surface area contributed by atoms with Crippen LogP contribution in [0.3, 0.4) is 0 Å². The summed E-state index contributed by atoms with van der Waals surface area (Å²) in [5.74, 6) is 1.32. The molecule has 0 unspecified atom stereocenters. The normalized spacial score (nSPS) is 16.6. The second-order valence-corrected chi connectivity index (χ2v) is 5.61. The SMILES string of the molecule is CC1CCN(C(N)=NCCNc2ccccc2[N+](=O)[O-])CC1. The summed E-state index contributed by atoms with van der Waals surface area (Å²) in [5, 5.41) is 13.9. The monoisotopic (exact) mass is 305 g/mol. The molecule has 0 amide bonds. The lowest BCUT2D eigenvalue weighted by Crippen LogP contribution is -2.42. The number of nitrogens with zero attached hydrogens (tertiary/aromatic N) is 3. The summed E-state index contributed by atoms with van der Waals surface area (Å²) in [6, 6.07) is 6.59. The first-order chi connectivity index (χ1) is 10.6. The van der Waals surface area contributed by atoms with Crippen LogP contribution in [-0.4, -0.2) is 42.0 Å². The third-order valence-corrected chi connectivity index (χ3v) is 3.91. The number of rotatable bonds is 5. The zero-order chi connectivity index (χ0) is 15.9. The van der Waals surface area contributed by atoms with Gasteiger partial charge in [-0.2, -0.15) is 0 Å². The Kier molecular flexibility index (Phi) is 5.57. The van der Waals surface area contributed by atoms with Crippen LogP contribution in [0.25, 0.3) is 0 Å². The minimum absolute atomic E-state index is 0.0736. The van der Waals surface area contributed by atoms with Gasteiger partial charge < -0.3 is 16.0 Å². The fourth-order valence-electron chi connectivity index (χ4n) is 2.48. The molecule has 0 bridgehead atoms. The number of hydrogen-bond donors (Lipinski definition) is 2. The highest BCUT2D eigenvalue weighted by atomic mass is 16.6. The van der Waals surface area contributed by atoms with Crippen LogP contribution < -0.4 is 11.1 Å². The van der Waals surface area contributed by atoms with Gasteiger partial charge in [0.05, 0.1) is 11.5 Å². The van der Waals surface area contributed by atoms with Crippen LogP contribution in [0.4, 0.5) is 11.4 Å². The number of para-hydroxylation sites is 2. The van der Waals surface area contributed by atoms with Crippen LogP contribution in [-0.2, 0) is 0 Å². The Morgan fingerprint density at radius 1 is 1.45 bits per heavy atom. The van der Waals surface area contributed by atoms with Gasteiger partial charge in [0.1, 0.15) is 5.69 Å². The van der Waals surface area contributed by atoms with Crippen molar-refractivity contribution in [3.05, 3.63) is 34.4 Å². The molecule has 7 heteroatoms. The summed E-state index contributed by atoms with van der Waals surface area (Å²) in [7, 11) is 0. The molecule has 2 rings (SSSR count). The van der Waals surface area contributed by atoms with Crippen molar-refractivity contribution in [1.29, 1.82) is 0 Å². The number of anilines is 1. The van der Waals surface area contributed by atoms with Crippen molar-refractivity contribution in [2.24, 2.45) is 16.6 Å². The topological polar surface area (TPSA) is 96.8 Å². The number of nitrogens with two attached hydrogens (primary N) is 1. The van der Waals surface area contributed by atoms with Crippen molar-refractivity contribution < 1.29 is 4.92 Å². The Labute approximate surface area is 130 Å². The molecule has 0 saturated carbocycles. The Bertz CT molecular complexity index is 538. The molecule has 1 fully saturated rings. The Morgan fingerprint density at radius 3 is 2.82 bits per heavy atom. The summed E-state index contributed by atoms with van der Waals surface area (Å²) in [4.78, 5) is 17.0. The average Bonchev–Trinajstić information content (AvgIpc) is 2.52. The van der Waals surface area contributed by atoms with Gasteiger partial charge in [0.15, 0.2) is 5.96 Å². The molecule has 0 atom stereocenters. The second-order valence-electron chi connectivity index (χ2n) is 5.61. The molecule has 0 spiro atoms. The Hall–Kier alpha value is -2.31. The van der Waals surface area contributed by atoms with Crippen molar-refractivity contribution in [2.45, 2.75) is 19.8 Å². The molecule has 0 aromatic heterocycles. The standard InChI is InChI=1S/C15H23N5O2/c1-12-6-10-19(11-7-12)15(16)18-9-8-17-13-4-2-3-5-14(13)20(21)22/h2-5,12,17H,6-11H2,1H3,(H2,16,18). The first-order valence-corrected chi connectivity index (χ1v) is 7.60. The van der Waals surface area contributed by atoms with Crippen molar-refractivity contribution in [1.82, 2.24) is 4.90 Å². The maximum Gasteiger partial charge on any atom is 0.292 e. The zero-order valence-corrected chi connectivity index (χ0v) is 12.9. The predicted molar refractivity (Wildman–Crippen MR) is 88.0 cm³/mol. The molecule has 1 heterocycles. The van der Waals surface area contributed by atoms with E-state index in [1.807, 2.05) is 0 Å². The van der Waals surface area contributed by atoms with E-state index in [9.17, 15) is 10.1 Å². The van der Waals surface area contributed by atoms with Gasteiger partial charge in [-0.3, -0.25) is 15.1 Å². The second kappa shape index (κ2) is 7.63. The van der Waals surface area contributed by atoms with Crippen LogP contribution in [0.1, 0.15) is 19.8 Å². The molecule has 3 N–H and O–H groups in total. The molecule has 1 aromatic carbocycles. The molecule has 7 nitrogen and oxygen atoms in total. The number of benzene rings is 1. The third kappa shape index (κ3) is 4.34. The summed E-state index contributed by atoms with van der Waals surface area (Å²) in [6.45, 7) is 5.16. The molecule has 1 saturated heterocycles. The number of piperidine rings is 1. The molecular weight excluding hydrogens is 282 g/mol. The lowest BCUT2D eigenvalue weighted by atomic mass is 10.00. The summed E-state index contributed by atoms with van der Waals surface area (Å²) in [5.41, 5.74) is 6.57. The van der Waals surface area contributed by atoms with Crippen LogP contribution in [0.15, 0.2) is 29.3 Å². The minimum atomic E-state index is -0.394. The molecule has 1 aliphatic heterocycles. The summed E-state index contributed by atoms with van der Waals surface area (Å²) >= 11 is 0. The van der Waals surface area contributed by atoms with Crippen LogP contribution in [0, 0.1) is 16.0 Å². The van der Waals surface area contributed by atoms with Gasteiger partial charge in [-0.1, -0.05) is 19.1 Å². The number of likely N-dealkylation sites (tertiary alicyclic amines) is 1. The molecule has 0 radical (unpaired) electrons. The molecule has 1 aliphatic rings. The van der Waals surface area contributed by atoms with E-state index >= 15 is 0 Å². The van der Waals surface area contributed by atoms with Crippen molar-refractivity contribution in [3.8, 4) is 0 Å². The maximum absolute atomic E-state index is 10.9. The van der Waals surface area contributed by atoms with Gasteiger partial charge in [-0.05, 0) is 24.8 Å². The largest absolute Gasteiger partial charge is 0.378 e. The van der Waals surface area contributed by atoms with E-state index in [4.69, 9.17) is 5.73 Å². The number of aliphatic imine (C=N–C) groups is 1. The molecular formula is C15H23N5O2. The highest BCUT2D eigenvalue weighted by Gasteiger charge is 2.16. The third-order valence-electron chi connectivity index (χ3n) is 3.91. The van der Waals surface area contributed by atoms with E-state index in [0.29, 0.717) is 24.7 Å². The van der Waals surface area contributed by atoms with Gasteiger partial charge in [-0.25, -0.2) is 0 Å². The van der Waals surface area contributed by atoms with Gasteiger partial charge in [0.25, 0.3) is 5.69 Å². The zero-order valence-electron chi connectivity index (χ0n) is 12.9. The highest BCUT2D eigenvalue weighted by molar-refractivity contribution is 5.78. The first-order valence-electron chi connectivity index (χ1n) is 7.60. The van der Waals surface area contributed by atoms with E-state index in [1.54, 1.807) is 18.2 Å². The summed E-state index contributed by atoms with van der Waals surface area (Å²) in [6.07, 6.45) is 2.29. The minimum Gasteiger partial charge on any atom is -0.378 e. The Morgan fingerprint density at radius 2 is 2.14 bits per heavy atom. The van der Waals surface area contributed by atoms with Crippen LogP contribution >= 0.6 is 0 Å². The van der Waals surface area contributed by atoms with E-state index in [-0.39, 0.29) is 5.69 Å². The number of guanidine groups is 1. The van der Waals surface area contributed by atoms with Crippen LogP contribution in [0.5, 0.6) is 0 Å². The van der Waals surface area contributed by atoms with E-state index in [2.05, 4.69) is 22.1 Å². The first kappa shape index (κ1) is 16.1. The average molecular weight is 305 g/mol. The molecule has 0 aliphatic carbocycles. The highest BCUT2D eigenvalue weighted by Crippen LogP contribution is 2.22. The fraction of sp³-hybridized carbons (Fsp3) is 0.533. The van der Waals surface area contributed by atoms with E-state index in [1.165, 1.54) is 6.07 Å². The Balaban J connectivity index is 1.81. The lowest BCUT2D eigenvalue weighted by Gasteiger charge is -2.31. The molecule has 1 aromatic rings. The molecule has 120 valence electrons. The van der Waals surface area contributed by atoms with Gasteiger partial charge >= 0.3 is 0 Å². The lowest BCUT2D eigenvalue weighted by molar-refractivity contribution is -0.384. The van der Waals surface area contributed by atoms with Gasteiger partial charge in [0, 0.05) is 25.7 Å². The maximum atomic E-state index is 10.9. The van der Waals surface area contributed by atoms with Crippen molar-refractivity contribution >= 4 is 17.3 Å². The van der Waals surface area contributed by atoms with E-state index < -0.39 is 4.92 Å². The quantitative estimate of drug-likeness (QED) is 0.285. The number of nitrogens with one attached hydrogen (secondary N) is 1. The van der Waals surface area contributed by atoms with Crippen molar-refractivity contribution in [3.63, 3.8) is 0 Å². The number of hydrogen-bond acceptors (Lipinski definition) is 4.